The summed E-state index contributed by atoms with van der Waals surface area (Å²) >= 11 is 0. The van der Waals surface area contributed by atoms with Crippen LogP contribution >= 0.6 is 7.92 Å². The Morgan fingerprint density at radius 3 is 1.78 bits per heavy atom. The van der Waals surface area contributed by atoms with Gasteiger partial charge in [-0.15, -0.1) is 0 Å². The summed E-state index contributed by atoms with van der Waals surface area (Å²) < 4.78 is 69.4. The van der Waals surface area contributed by atoms with Gasteiger partial charge in [-0.05, 0) is 58.1 Å². The molecule has 0 heterocycles. The van der Waals surface area contributed by atoms with E-state index in [1.165, 1.54) is 6.07 Å². The Labute approximate surface area is 217 Å². The van der Waals surface area contributed by atoms with Gasteiger partial charge in [0.05, 0.1) is 0 Å². The van der Waals surface area contributed by atoms with Crippen molar-refractivity contribution in [2.75, 3.05) is 12.3 Å². The number of rotatable bonds is 10. The SMILES string of the molecule is CCCCP(CCCC)c1ccc2ccccc2c1-c1c(OS(=O)(=O)C(F)(F)F)ccc2ccccc12. The zero-order valence-electron chi connectivity index (χ0n) is 20.9. The Morgan fingerprint density at radius 2 is 1.24 bits per heavy atom. The van der Waals surface area contributed by atoms with Crippen LogP contribution in [-0.4, -0.2) is 26.2 Å². The molecule has 4 aromatic carbocycles. The van der Waals surface area contributed by atoms with Crippen molar-refractivity contribution in [1.29, 1.82) is 0 Å². The van der Waals surface area contributed by atoms with Crippen LogP contribution in [0.2, 0.25) is 0 Å². The molecule has 0 amide bonds. The summed E-state index contributed by atoms with van der Waals surface area (Å²) in [4.78, 5) is 0. The second kappa shape index (κ2) is 11.4. The Kier molecular flexibility index (Phi) is 8.45. The molecule has 0 saturated heterocycles. The third-order valence-corrected chi connectivity index (χ3v) is 10.2. The quantitative estimate of drug-likeness (QED) is 0.114. The Hall–Kier alpha value is -2.63. The number of fused-ring (bicyclic) bond motifs is 2. The van der Waals surface area contributed by atoms with E-state index in [0.29, 0.717) is 10.9 Å². The molecule has 0 aromatic heterocycles. The maximum Gasteiger partial charge on any atom is 0.534 e. The van der Waals surface area contributed by atoms with Crippen molar-refractivity contribution in [3.05, 3.63) is 72.8 Å². The summed E-state index contributed by atoms with van der Waals surface area (Å²) in [6.07, 6.45) is 6.17. The van der Waals surface area contributed by atoms with Gasteiger partial charge in [0.2, 0.25) is 0 Å². The fraction of sp³-hybridized carbons (Fsp3) is 0.310. The average Bonchev–Trinajstić information content (AvgIpc) is 2.87. The molecule has 0 aliphatic carbocycles. The lowest BCUT2D eigenvalue weighted by Gasteiger charge is -2.25. The molecular formula is C29H30F3O3PS. The van der Waals surface area contributed by atoms with Gasteiger partial charge < -0.3 is 4.18 Å². The van der Waals surface area contributed by atoms with Crippen molar-refractivity contribution >= 4 is 44.9 Å². The summed E-state index contributed by atoms with van der Waals surface area (Å²) in [7, 11) is -6.50. The van der Waals surface area contributed by atoms with Gasteiger partial charge in [0.15, 0.2) is 5.75 Å². The lowest BCUT2D eigenvalue weighted by atomic mass is 9.93. The second-order valence-corrected chi connectivity index (χ2v) is 13.0. The topological polar surface area (TPSA) is 43.4 Å². The van der Waals surface area contributed by atoms with Crippen molar-refractivity contribution in [3.63, 3.8) is 0 Å². The summed E-state index contributed by atoms with van der Waals surface area (Å²) in [6.45, 7) is 4.29. The number of benzene rings is 4. The first-order valence-electron chi connectivity index (χ1n) is 12.5. The summed E-state index contributed by atoms with van der Waals surface area (Å²) in [5, 5.41) is 4.31. The maximum absolute atomic E-state index is 13.4. The minimum atomic E-state index is -5.86. The Balaban J connectivity index is 2.08. The van der Waals surface area contributed by atoms with Crippen LogP contribution in [0.25, 0.3) is 32.7 Å². The third-order valence-electron chi connectivity index (χ3n) is 6.43. The normalized spacial score (nSPS) is 12.5. The summed E-state index contributed by atoms with van der Waals surface area (Å²) in [5.41, 5.74) is -4.38. The van der Waals surface area contributed by atoms with Crippen molar-refractivity contribution in [1.82, 2.24) is 0 Å². The van der Waals surface area contributed by atoms with Crippen LogP contribution in [-0.2, 0) is 10.1 Å². The molecule has 0 aliphatic rings. The first kappa shape index (κ1) is 27.4. The third kappa shape index (κ3) is 5.78. The van der Waals surface area contributed by atoms with Gasteiger partial charge >= 0.3 is 15.6 Å². The van der Waals surface area contributed by atoms with Crippen LogP contribution in [0.1, 0.15) is 39.5 Å². The van der Waals surface area contributed by atoms with Gasteiger partial charge in [0.1, 0.15) is 0 Å². The predicted molar refractivity (Wildman–Crippen MR) is 149 cm³/mol. The van der Waals surface area contributed by atoms with E-state index in [1.807, 2.05) is 42.5 Å². The van der Waals surface area contributed by atoms with Crippen LogP contribution in [0.15, 0.2) is 72.8 Å². The van der Waals surface area contributed by atoms with Crippen LogP contribution in [0.3, 0.4) is 0 Å². The molecule has 0 fully saturated rings. The molecule has 4 aromatic rings. The minimum absolute atomic E-state index is 0.311. The first-order chi connectivity index (χ1) is 17.7. The molecule has 0 bridgehead atoms. The molecule has 0 aliphatic heterocycles. The van der Waals surface area contributed by atoms with Gasteiger partial charge in [0, 0.05) is 11.1 Å². The molecule has 196 valence electrons. The molecule has 3 nitrogen and oxygen atoms in total. The largest absolute Gasteiger partial charge is 0.534 e. The fourth-order valence-electron chi connectivity index (χ4n) is 4.58. The number of halogens is 3. The van der Waals surface area contributed by atoms with Crippen molar-refractivity contribution in [2.24, 2.45) is 0 Å². The fourth-order valence-corrected chi connectivity index (χ4v) is 7.99. The highest BCUT2D eigenvalue weighted by molar-refractivity contribution is 7.88. The van der Waals surface area contributed by atoms with Gasteiger partial charge in [-0.25, -0.2) is 0 Å². The molecule has 4 rings (SSSR count). The van der Waals surface area contributed by atoms with E-state index in [0.717, 1.165) is 65.0 Å². The number of hydrogen-bond donors (Lipinski definition) is 0. The zero-order chi connectivity index (χ0) is 26.6. The highest BCUT2D eigenvalue weighted by Crippen LogP contribution is 2.47. The van der Waals surface area contributed by atoms with Crippen molar-refractivity contribution < 1.29 is 25.8 Å². The predicted octanol–water partition coefficient (Wildman–Crippen LogP) is 8.60. The smallest absolute Gasteiger partial charge is 0.375 e. The molecule has 0 atom stereocenters. The lowest BCUT2D eigenvalue weighted by Crippen LogP contribution is -2.28. The van der Waals surface area contributed by atoms with Gasteiger partial charge in [-0.3, -0.25) is 0 Å². The number of unbranched alkanes of at least 4 members (excludes halogenated alkanes) is 2. The molecule has 8 heteroatoms. The van der Waals surface area contributed by atoms with E-state index in [9.17, 15) is 21.6 Å². The van der Waals surface area contributed by atoms with E-state index in [-0.39, 0.29) is 5.75 Å². The molecule has 0 spiro atoms. The zero-order valence-corrected chi connectivity index (χ0v) is 22.6. The van der Waals surface area contributed by atoms with Gasteiger partial charge in [0.25, 0.3) is 0 Å². The Bertz CT molecular complexity index is 1490. The number of alkyl halides is 3. The number of hydrogen-bond acceptors (Lipinski definition) is 3. The first-order valence-corrected chi connectivity index (χ1v) is 15.6. The van der Waals surface area contributed by atoms with E-state index < -0.39 is 23.5 Å². The molecule has 0 radical (unpaired) electrons. The highest BCUT2D eigenvalue weighted by Gasteiger charge is 2.49. The summed E-state index contributed by atoms with van der Waals surface area (Å²) in [6, 6.07) is 22.1. The van der Waals surface area contributed by atoms with Crippen LogP contribution in [0.4, 0.5) is 13.2 Å². The lowest BCUT2D eigenvalue weighted by molar-refractivity contribution is -0.0499. The minimum Gasteiger partial charge on any atom is -0.375 e. The van der Waals surface area contributed by atoms with Crippen molar-refractivity contribution in [2.45, 2.75) is 45.0 Å². The Morgan fingerprint density at radius 1 is 0.730 bits per heavy atom. The maximum atomic E-state index is 13.4. The van der Waals surface area contributed by atoms with E-state index in [2.05, 4.69) is 26.0 Å². The van der Waals surface area contributed by atoms with E-state index in [1.54, 1.807) is 12.1 Å². The van der Waals surface area contributed by atoms with Crippen molar-refractivity contribution in [3.8, 4) is 16.9 Å². The molecule has 0 saturated carbocycles. The monoisotopic (exact) mass is 546 g/mol. The van der Waals surface area contributed by atoms with E-state index in [4.69, 9.17) is 4.18 Å². The highest BCUT2D eigenvalue weighted by atomic mass is 32.2. The van der Waals surface area contributed by atoms with Crippen LogP contribution in [0, 0.1) is 0 Å². The molecule has 0 unspecified atom stereocenters. The van der Waals surface area contributed by atoms with Gasteiger partial charge in [-0.2, -0.15) is 21.6 Å². The van der Waals surface area contributed by atoms with Crippen LogP contribution in [0.5, 0.6) is 5.75 Å². The average molecular weight is 547 g/mol. The molecular weight excluding hydrogens is 516 g/mol. The van der Waals surface area contributed by atoms with Crippen LogP contribution < -0.4 is 9.49 Å². The van der Waals surface area contributed by atoms with Gasteiger partial charge in [-0.1, -0.05) is 101 Å². The summed E-state index contributed by atoms with van der Waals surface area (Å²) in [5.74, 6) is -0.311. The molecule has 0 N–H and O–H groups in total. The van der Waals surface area contributed by atoms with E-state index >= 15 is 0 Å². The molecule has 37 heavy (non-hydrogen) atoms. The standard InChI is InChI=1S/C29H30F3O3PS/c1-3-5-19-36(20-6-4-2)26-18-16-22-12-8-10-14-24(22)28(26)27-23-13-9-7-11-21(23)15-17-25(27)35-37(33,34)29(30,31)32/h7-18H,3-6,19-20H2,1-2H3. The second-order valence-electron chi connectivity index (χ2n) is 9.02.